The third-order valence-corrected chi connectivity index (χ3v) is 2.86. The fourth-order valence-corrected chi connectivity index (χ4v) is 2.00. The maximum Gasteiger partial charge on any atom is 0.320 e. The van der Waals surface area contributed by atoms with Crippen LogP contribution in [0.15, 0.2) is 0 Å². The number of methoxy groups -OCH3 is 1. The van der Waals surface area contributed by atoms with Crippen molar-refractivity contribution in [1.29, 1.82) is 0 Å². The molecule has 76 valence electrons. The third-order valence-electron chi connectivity index (χ3n) is 2.86. The van der Waals surface area contributed by atoms with Gasteiger partial charge >= 0.3 is 5.97 Å². The van der Waals surface area contributed by atoms with Crippen molar-refractivity contribution in [3.63, 3.8) is 0 Å². The predicted molar refractivity (Wildman–Crippen MR) is 48.4 cm³/mol. The van der Waals surface area contributed by atoms with Gasteiger partial charge in [0.05, 0.1) is 5.60 Å². The van der Waals surface area contributed by atoms with E-state index in [1.54, 1.807) is 7.11 Å². The van der Waals surface area contributed by atoms with E-state index in [2.05, 4.69) is 0 Å². The normalized spacial score (nSPS) is 22.9. The van der Waals surface area contributed by atoms with Gasteiger partial charge in [-0.1, -0.05) is 12.8 Å². The zero-order valence-electron chi connectivity index (χ0n) is 7.95. The molecular weight excluding hydrogens is 170 g/mol. The van der Waals surface area contributed by atoms with Gasteiger partial charge in [0, 0.05) is 13.5 Å². The van der Waals surface area contributed by atoms with Crippen LogP contribution < -0.4 is 5.73 Å². The van der Waals surface area contributed by atoms with Crippen LogP contribution in [0.4, 0.5) is 0 Å². The lowest BCUT2D eigenvalue weighted by Gasteiger charge is -2.28. The molecule has 0 unspecified atom stereocenters. The lowest BCUT2D eigenvalue weighted by Crippen LogP contribution is -2.40. The molecule has 0 bridgehead atoms. The molecular formula is C9H17NO3. The van der Waals surface area contributed by atoms with Crippen molar-refractivity contribution in [2.45, 2.75) is 43.7 Å². The Labute approximate surface area is 78.1 Å². The van der Waals surface area contributed by atoms with E-state index < -0.39 is 12.0 Å². The summed E-state index contributed by atoms with van der Waals surface area (Å²) in [6.07, 6.45) is 4.52. The number of carboxylic acid groups (broad SMARTS) is 1. The summed E-state index contributed by atoms with van der Waals surface area (Å²) in [5.41, 5.74) is 5.21. The molecule has 0 radical (unpaired) electrons. The van der Waals surface area contributed by atoms with Crippen LogP contribution in [0.5, 0.6) is 0 Å². The Balaban J connectivity index is 2.52. The van der Waals surface area contributed by atoms with E-state index >= 15 is 0 Å². The topological polar surface area (TPSA) is 72.5 Å². The Kier molecular flexibility index (Phi) is 3.27. The van der Waals surface area contributed by atoms with Gasteiger partial charge in [-0.2, -0.15) is 0 Å². The van der Waals surface area contributed by atoms with Crippen LogP contribution in [0.2, 0.25) is 0 Å². The predicted octanol–water partition coefficient (Wildman–Crippen LogP) is 0.748. The average molecular weight is 187 g/mol. The van der Waals surface area contributed by atoms with Crippen LogP contribution in [0, 0.1) is 0 Å². The molecule has 0 aromatic rings. The maximum atomic E-state index is 10.6. The molecule has 4 nitrogen and oxygen atoms in total. The minimum atomic E-state index is -0.941. The van der Waals surface area contributed by atoms with Crippen molar-refractivity contribution in [2.24, 2.45) is 5.73 Å². The summed E-state index contributed by atoms with van der Waals surface area (Å²) in [6, 6.07) is -0.793. The van der Waals surface area contributed by atoms with Crippen molar-refractivity contribution < 1.29 is 14.6 Å². The molecule has 1 aliphatic rings. The Hall–Kier alpha value is -0.610. The molecule has 0 aromatic heterocycles. The summed E-state index contributed by atoms with van der Waals surface area (Å²) in [7, 11) is 1.64. The SMILES string of the molecule is COC1(C[C@H](N)C(=O)O)CCCC1. The van der Waals surface area contributed by atoms with E-state index in [4.69, 9.17) is 15.6 Å². The van der Waals surface area contributed by atoms with E-state index in [0.717, 1.165) is 25.7 Å². The highest BCUT2D eigenvalue weighted by molar-refractivity contribution is 5.73. The van der Waals surface area contributed by atoms with Gasteiger partial charge in [-0.15, -0.1) is 0 Å². The van der Waals surface area contributed by atoms with Crippen LogP contribution in [0.3, 0.4) is 0 Å². The summed E-state index contributed by atoms with van der Waals surface area (Å²) in [5.74, 6) is -0.941. The van der Waals surface area contributed by atoms with Gasteiger partial charge in [-0.3, -0.25) is 4.79 Å². The maximum absolute atomic E-state index is 10.6. The molecule has 1 saturated carbocycles. The van der Waals surface area contributed by atoms with Gasteiger partial charge in [0.15, 0.2) is 0 Å². The summed E-state index contributed by atoms with van der Waals surface area (Å²) in [5, 5.41) is 8.67. The molecule has 0 aromatic carbocycles. The van der Waals surface area contributed by atoms with Crippen molar-refractivity contribution in [3.05, 3.63) is 0 Å². The zero-order valence-corrected chi connectivity index (χ0v) is 7.95. The van der Waals surface area contributed by atoms with Crippen LogP contribution in [0.25, 0.3) is 0 Å². The van der Waals surface area contributed by atoms with E-state index in [1.165, 1.54) is 0 Å². The number of hydrogen-bond donors (Lipinski definition) is 2. The molecule has 1 rings (SSSR count). The van der Waals surface area contributed by atoms with Crippen molar-refractivity contribution in [1.82, 2.24) is 0 Å². The van der Waals surface area contributed by atoms with Gasteiger partial charge in [0.1, 0.15) is 6.04 Å². The molecule has 1 aliphatic carbocycles. The van der Waals surface area contributed by atoms with Crippen LogP contribution in [-0.2, 0) is 9.53 Å². The summed E-state index contributed by atoms with van der Waals surface area (Å²) in [4.78, 5) is 10.6. The first-order valence-electron chi connectivity index (χ1n) is 4.63. The number of ether oxygens (including phenoxy) is 1. The molecule has 0 spiro atoms. The lowest BCUT2D eigenvalue weighted by atomic mass is 9.93. The zero-order chi connectivity index (χ0) is 9.90. The van der Waals surface area contributed by atoms with Gasteiger partial charge < -0.3 is 15.6 Å². The molecule has 1 atom stereocenters. The molecule has 0 saturated heterocycles. The van der Waals surface area contributed by atoms with E-state index in [9.17, 15) is 4.79 Å². The second-order valence-corrected chi connectivity index (χ2v) is 3.74. The number of carboxylic acids is 1. The number of hydrogen-bond acceptors (Lipinski definition) is 3. The van der Waals surface area contributed by atoms with E-state index in [1.807, 2.05) is 0 Å². The van der Waals surface area contributed by atoms with Crippen LogP contribution in [0.1, 0.15) is 32.1 Å². The second-order valence-electron chi connectivity index (χ2n) is 3.74. The van der Waals surface area contributed by atoms with Gasteiger partial charge in [0.25, 0.3) is 0 Å². The van der Waals surface area contributed by atoms with Gasteiger partial charge in [0.2, 0.25) is 0 Å². The first-order valence-corrected chi connectivity index (χ1v) is 4.63. The Morgan fingerprint density at radius 1 is 1.62 bits per heavy atom. The van der Waals surface area contributed by atoms with Gasteiger partial charge in [-0.25, -0.2) is 0 Å². The summed E-state index contributed by atoms with van der Waals surface area (Å²) >= 11 is 0. The van der Waals surface area contributed by atoms with Crippen molar-refractivity contribution in [3.8, 4) is 0 Å². The Morgan fingerprint density at radius 2 is 2.15 bits per heavy atom. The molecule has 3 N–H and O–H groups in total. The fraction of sp³-hybridized carbons (Fsp3) is 0.889. The van der Waals surface area contributed by atoms with E-state index in [-0.39, 0.29) is 5.60 Å². The average Bonchev–Trinajstić information content (AvgIpc) is 2.54. The number of carbonyl (C=O) groups is 1. The van der Waals surface area contributed by atoms with Crippen molar-refractivity contribution in [2.75, 3.05) is 7.11 Å². The smallest absolute Gasteiger partial charge is 0.320 e. The standard InChI is InChI=1S/C9H17NO3/c1-13-9(4-2-3-5-9)6-7(10)8(11)12/h7H,2-6,10H2,1H3,(H,11,12)/t7-/m0/s1. The third kappa shape index (κ3) is 2.42. The molecule has 13 heavy (non-hydrogen) atoms. The monoisotopic (exact) mass is 187 g/mol. The largest absolute Gasteiger partial charge is 0.480 e. The fourth-order valence-electron chi connectivity index (χ4n) is 2.00. The van der Waals surface area contributed by atoms with Crippen LogP contribution >= 0.6 is 0 Å². The summed E-state index contributed by atoms with van der Waals surface area (Å²) in [6.45, 7) is 0. The van der Waals surface area contributed by atoms with E-state index in [0.29, 0.717) is 6.42 Å². The second kappa shape index (κ2) is 4.07. The minimum absolute atomic E-state index is 0.266. The van der Waals surface area contributed by atoms with Crippen molar-refractivity contribution >= 4 is 5.97 Å². The van der Waals surface area contributed by atoms with Gasteiger partial charge in [-0.05, 0) is 12.8 Å². The highest BCUT2D eigenvalue weighted by atomic mass is 16.5. The molecule has 0 heterocycles. The quantitative estimate of drug-likeness (QED) is 0.681. The first-order chi connectivity index (χ1) is 6.09. The minimum Gasteiger partial charge on any atom is -0.480 e. The summed E-state index contributed by atoms with van der Waals surface area (Å²) < 4.78 is 5.38. The number of aliphatic carboxylic acids is 1. The molecule has 0 amide bonds. The lowest BCUT2D eigenvalue weighted by molar-refractivity contribution is -0.140. The first kappa shape index (κ1) is 10.5. The molecule has 0 aliphatic heterocycles. The number of nitrogens with two attached hydrogens (primary N) is 1. The number of rotatable bonds is 4. The van der Waals surface area contributed by atoms with Crippen LogP contribution in [-0.4, -0.2) is 29.8 Å². The Morgan fingerprint density at radius 3 is 2.54 bits per heavy atom. The molecule has 1 fully saturated rings. The Bertz CT molecular complexity index is 187. The molecule has 4 heteroatoms. The highest BCUT2D eigenvalue weighted by Crippen LogP contribution is 2.36. The highest BCUT2D eigenvalue weighted by Gasteiger charge is 2.36.